The molecule has 2 heterocycles. The van der Waals surface area contributed by atoms with Crippen LogP contribution in [0.15, 0.2) is 30.3 Å². The summed E-state index contributed by atoms with van der Waals surface area (Å²) in [6.07, 6.45) is 1.06. The van der Waals surface area contributed by atoms with Crippen LogP contribution in [0.2, 0.25) is 0 Å². The van der Waals surface area contributed by atoms with Crippen molar-refractivity contribution >= 4 is 17.5 Å². The monoisotopic (exact) mass is 329 g/mol. The number of piperazine rings is 1. The lowest BCUT2D eigenvalue weighted by molar-refractivity contribution is 0.594. The first-order valence-electron chi connectivity index (χ1n) is 8.51. The Hall–Kier alpha value is -2.37. The fraction of sp³-hybridized carbons (Fsp3) is 0.444. The molecular weight excluding hydrogens is 305 g/mol. The highest BCUT2D eigenvalue weighted by atomic mass is 19.1. The molecule has 3 rings (SSSR count). The van der Waals surface area contributed by atoms with E-state index in [1.165, 1.54) is 6.07 Å². The van der Waals surface area contributed by atoms with Crippen molar-refractivity contribution in [3.63, 3.8) is 0 Å². The fourth-order valence-corrected chi connectivity index (χ4v) is 2.89. The summed E-state index contributed by atoms with van der Waals surface area (Å²) in [4.78, 5) is 13.4. The molecule has 0 bridgehead atoms. The third-order valence-corrected chi connectivity index (χ3v) is 4.15. The number of aryl methyl sites for hydroxylation is 1. The van der Waals surface area contributed by atoms with Gasteiger partial charge in [-0.1, -0.05) is 19.1 Å². The van der Waals surface area contributed by atoms with Gasteiger partial charge in [0.2, 0.25) is 5.95 Å². The highest BCUT2D eigenvalue weighted by Crippen LogP contribution is 2.22. The molecule has 1 aliphatic rings. The van der Waals surface area contributed by atoms with E-state index in [-0.39, 0.29) is 5.82 Å². The predicted octanol–water partition coefficient (Wildman–Crippen LogP) is 3.07. The molecular formula is C18H24FN5. The van der Waals surface area contributed by atoms with Crippen LogP contribution in [0.25, 0.3) is 0 Å². The quantitative estimate of drug-likeness (QED) is 0.913. The van der Waals surface area contributed by atoms with Gasteiger partial charge in [0.1, 0.15) is 11.6 Å². The Labute approximate surface area is 142 Å². The van der Waals surface area contributed by atoms with Crippen molar-refractivity contribution in [2.24, 2.45) is 0 Å². The minimum Gasteiger partial charge on any atom is -0.370 e. The molecule has 5 nitrogen and oxygen atoms in total. The largest absolute Gasteiger partial charge is 0.370 e. The Kier molecular flexibility index (Phi) is 5.13. The molecule has 6 heteroatoms. The summed E-state index contributed by atoms with van der Waals surface area (Å²) in [6.45, 7) is 8.10. The number of anilines is 3. The van der Waals surface area contributed by atoms with Crippen LogP contribution in [0.1, 0.15) is 19.0 Å². The molecule has 24 heavy (non-hydrogen) atoms. The molecule has 1 aromatic carbocycles. The number of halogens is 1. The number of aromatic nitrogens is 2. The van der Waals surface area contributed by atoms with E-state index in [9.17, 15) is 4.39 Å². The van der Waals surface area contributed by atoms with Crippen LogP contribution in [0, 0.1) is 12.7 Å². The van der Waals surface area contributed by atoms with Crippen molar-refractivity contribution in [2.75, 3.05) is 47.8 Å². The zero-order chi connectivity index (χ0) is 16.9. The molecule has 0 aliphatic carbocycles. The third kappa shape index (κ3) is 3.75. The maximum atomic E-state index is 13.9. The number of nitrogens with zero attached hydrogens (tertiary/aromatic N) is 4. The Morgan fingerprint density at radius 3 is 2.50 bits per heavy atom. The fourth-order valence-electron chi connectivity index (χ4n) is 2.89. The van der Waals surface area contributed by atoms with Gasteiger partial charge in [0.05, 0.1) is 5.69 Å². The van der Waals surface area contributed by atoms with Crippen molar-refractivity contribution in [2.45, 2.75) is 20.3 Å². The molecule has 0 unspecified atom stereocenters. The Morgan fingerprint density at radius 2 is 1.79 bits per heavy atom. The van der Waals surface area contributed by atoms with Gasteiger partial charge in [-0.25, -0.2) is 9.37 Å². The first kappa shape index (κ1) is 16.5. The standard InChI is InChI=1S/C18H24FN5/c1-3-8-20-17-13-14(2)21-18(22-17)24-11-9-23(10-12-24)16-7-5-4-6-15(16)19/h4-7,13H,3,8-12H2,1-2H3,(H,20,21,22). The molecule has 128 valence electrons. The first-order valence-corrected chi connectivity index (χ1v) is 8.51. The van der Waals surface area contributed by atoms with E-state index in [0.717, 1.165) is 56.6 Å². The molecule has 1 saturated heterocycles. The van der Waals surface area contributed by atoms with Crippen LogP contribution in [-0.2, 0) is 0 Å². The van der Waals surface area contributed by atoms with E-state index in [2.05, 4.69) is 32.0 Å². The van der Waals surface area contributed by atoms with Gasteiger partial charge < -0.3 is 15.1 Å². The lowest BCUT2D eigenvalue weighted by Crippen LogP contribution is -2.47. The lowest BCUT2D eigenvalue weighted by atomic mass is 10.2. The van der Waals surface area contributed by atoms with E-state index in [1.54, 1.807) is 6.07 Å². The molecule has 1 aromatic heterocycles. The number of benzene rings is 1. The molecule has 0 saturated carbocycles. The van der Waals surface area contributed by atoms with Gasteiger partial charge in [0, 0.05) is 44.5 Å². The van der Waals surface area contributed by atoms with Crippen LogP contribution in [-0.4, -0.2) is 42.7 Å². The molecule has 0 amide bonds. The van der Waals surface area contributed by atoms with Gasteiger partial charge in [-0.15, -0.1) is 0 Å². The van der Waals surface area contributed by atoms with Crippen LogP contribution in [0.4, 0.5) is 21.8 Å². The zero-order valence-corrected chi connectivity index (χ0v) is 14.3. The number of hydrogen-bond donors (Lipinski definition) is 1. The second-order valence-electron chi connectivity index (χ2n) is 6.05. The van der Waals surface area contributed by atoms with E-state index < -0.39 is 0 Å². The number of para-hydroxylation sites is 1. The Balaban J connectivity index is 1.68. The second-order valence-corrected chi connectivity index (χ2v) is 6.05. The van der Waals surface area contributed by atoms with Gasteiger partial charge in [0.25, 0.3) is 0 Å². The van der Waals surface area contributed by atoms with Crippen LogP contribution in [0.3, 0.4) is 0 Å². The Bertz CT molecular complexity index is 683. The van der Waals surface area contributed by atoms with E-state index >= 15 is 0 Å². The summed E-state index contributed by atoms with van der Waals surface area (Å²) in [5.74, 6) is 1.46. The summed E-state index contributed by atoms with van der Waals surface area (Å²) in [7, 11) is 0. The van der Waals surface area contributed by atoms with E-state index in [4.69, 9.17) is 0 Å². The number of nitrogens with one attached hydrogen (secondary N) is 1. The summed E-state index contributed by atoms with van der Waals surface area (Å²) in [6, 6.07) is 8.91. The summed E-state index contributed by atoms with van der Waals surface area (Å²) < 4.78 is 13.9. The van der Waals surface area contributed by atoms with Crippen LogP contribution >= 0.6 is 0 Å². The van der Waals surface area contributed by atoms with Crippen LogP contribution in [0.5, 0.6) is 0 Å². The van der Waals surface area contributed by atoms with Crippen molar-refractivity contribution in [3.8, 4) is 0 Å². The summed E-state index contributed by atoms with van der Waals surface area (Å²) in [5.41, 5.74) is 1.63. The molecule has 1 aliphatic heterocycles. The zero-order valence-electron chi connectivity index (χ0n) is 14.3. The molecule has 1 N–H and O–H groups in total. The first-order chi connectivity index (χ1) is 11.7. The summed E-state index contributed by atoms with van der Waals surface area (Å²) >= 11 is 0. The maximum Gasteiger partial charge on any atom is 0.227 e. The molecule has 0 radical (unpaired) electrons. The van der Waals surface area contributed by atoms with Gasteiger partial charge in [0.15, 0.2) is 0 Å². The molecule has 0 spiro atoms. The smallest absolute Gasteiger partial charge is 0.227 e. The van der Waals surface area contributed by atoms with Crippen molar-refractivity contribution in [1.82, 2.24) is 9.97 Å². The van der Waals surface area contributed by atoms with Crippen molar-refractivity contribution in [3.05, 3.63) is 41.8 Å². The Morgan fingerprint density at radius 1 is 1.08 bits per heavy atom. The maximum absolute atomic E-state index is 13.9. The van der Waals surface area contributed by atoms with Crippen molar-refractivity contribution in [1.29, 1.82) is 0 Å². The highest BCUT2D eigenvalue weighted by molar-refractivity contribution is 5.50. The molecule has 2 aromatic rings. The highest BCUT2D eigenvalue weighted by Gasteiger charge is 2.21. The minimum absolute atomic E-state index is 0.163. The van der Waals surface area contributed by atoms with Gasteiger partial charge >= 0.3 is 0 Å². The predicted molar refractivity (Wildman–Crippen MR) is 96.4 cm³/mol. The topological polar surface area (TPSA) is 44.3 Å². The third-order valence-electron chi connectivity index (χ3n) is 4.15. The van der Waals surface area contributed by atoms with Crippen molar-refractivity contribution < 1.29 is 4.39 Å². The molecule has 1 fully saturated rings. The normalized spacial score (nSPS) is 14.8. The SMILES string of the molecule is CCCNc1cc(C)nc(N2CCN(c3ccccc3F)CC2)n1. The van der Waals surface area contributed by atoms with Gasteiger partial charge in [-0.2, -0.15) is 4.98 Å². The summed E-state index contributed by atoms with van der Waals surface area (Å²) in [5, 5.41) is 3.32. The second kappa shape index (κ2) is 7.47. The number of hydrogen-bond acceptors (Lipinski definition) is 5. The number of rotatable bonds is 5. The van der Waals surface area contributed by atoms with E-state index in [1.807, 2.05) is 25.1 Å². The van der Waals surface area contributed by atoms with E-state index in [0.29, 0.717) is 5.69 Å². The average molecular weight is 329 g/mol. The lowest BCUT2D eigenvalue weighted by Gasteiger charge is -2.36. The van der Waals surface area contributed by atoms with Crippen LogP contribution < -0.4 is 15.1 Å². The van der Waals surface area contributed by atoms with Gasteiger partial charge in [-0.05, 0) is 25.5 Å². The minimum atomic E-state index is -0.163. The average Bonchev–Trinajstić information content (AvgIpc) is 2.60. The van der Waals surface area contributed by atoms with Gasteiger partial charge in [-0.3, -0.25) is 0 Å². The molecule has 0 atom stereocenters.